The molecule has 3 aromatic rings. The summed E-state index contributed by atoms with van der Waals surface area (Å²) in [6, 6.07) is 16.1. The molecule has 0 radical (unpaired) electrons. The van der Waals surface area contributed by atoms with Gasteiger partial charge in [0.2, 0.25) is 10.0 Å². The maximum absolute atomic E-state index is 11.4. The van der Waals surface area contributed by atoms with E-state index in [1.54, 1.807) is 0 Å². The molecular weight excluding hydrogens is 468 g/mol. The van der Waals surface area contributed by atoms with Crippen LogP contribution in [0.2, 0.25) is 0 Å². The minimum atomic E-state index is -3.55. The Bertz CT molecular complexity index is 1240. The van der Waals surface area contributed by atoms with Crippen LogP contribution >= 0.6 is 0 Å². The second kappa shape index (κ2) is 11.5. The smallest absolute Gasteiger partial charge is 0.229 e. The van der Waals surface area contributed by atoms with Gasteiger partial charge in [-0.2, -0.15) is 0 Å². The minimum Gasteiger partial charge on any atom is -0.506 e. The summed E-state index contributed by atoms with van der Waals surface area (Å²) < 4.78 is 31.0. The van der Waals surface area contributed by atoms with Gasteiger partial charge in [0.15, 0.2) is 0 Å². The highest BCUT2D eigenvalue weighted by Crippen LogP contribution is 2.31. The number of nitrogens with one attached hydrogen (secondary N) is 2. The molecule has 8 nitrogen and oxygen atoms in total. The number of sulfonamides is 1. The van der Waals surface area contributed by atoms with Gasteiger partial charge in [0.05, 0.1) is 24.7 Å². The van der Waals surface area contributed by atoms with Crippen molar-refractivity contribution in [1.82, 2.24) is 5.32 Å². The van der Waals surface area contributed by atoms with Crippen LogP contribution in [0.25, 0.3) is 11.1 Å². The van der Waals surface area contributed by atoms with Crippen molar-refractivity contribution in [2.75, 3.05) is 30.7 Å². The van der Waals surface area contributed by atoms with Crippen molar-refractivity contribution >= 4 is 15.7 Å². The molecule has 1 atom stereocenters. The summed E-state index contributed by atoms with van der Waals surface area (Å²) in [6.07, 6.45) is 0.0971. The van der Waals surface area contributed by atoms with Gasteiger partial charge in [-0.1, -0.05) is 30.3 Å². The largest absolute Gasteiger partial charge is 0.506 e. The van der Waals surface area contributed by atoms with Gasteiger partial charge in [0, 0.05) is 13.1 Å². The average Bonchev–Trinajstić information content (AvgIpc) is 2.79. The van der Waals surface area contributed by atoms with Crippen LogP contribution in [0, 0.1) is 13.8 Å². The third-order valence-corrected chi connectivity index (χ3v) is 6.11. The molecule has 0 aromatic heterocycles. The Morgan fingerprint density at radius 3 is 2.26 bits per heavy atom. The van der Waals surface area contributed by atoms with Crippen molar-refractivity contribution in [3.63, 3.8) is 0 Å². The minimum absolute atomic E-state index is 0.0194. The maximum Gasteiger partial charge on any atom is 0.229 e. The van der Waals surface area contributed by atoms with Crippen LogP contribution in [0.4, 0.5) is 5.69 Å². The van der Waals surface area contributed by atoms with Gasteiger partial charge >= 0.3 is 0 Å². The zero-order chi connectivity index (χ0) is 25.6. The first-order valence-corrected chi connectivity index (χ1v) is 13.1. The Hall–Kier alpha value is -3.11. The number of hydrogen-bond donors (Lipinski definition) is 5. The van der Waals surface area contributed by atoms with Gasteiger partial charge in [0.25, 0.3) is 0 Å². The second-order valence-corrected chi connectivity index (χ2v) is 10.3. The van der Waals surface area contributed by atoms with Crippen molar-refractivity contribution in [1.29, 1.82) is 0 Å². The number of aryl methyl sites for hydroxylation is 2. The van der Waals surface area contributed by atoms with Crippen LogP contribution in [-0.4, -0.2) is 49.7 Å². The molecule has 1 unspecified atom stereocenters. The number of phenols is 1. The molecule has 3 rings (SSSR count). The Balaban J connectivity index is 1.52. The Labute approximate surface area is 206 Å². The Kier molecular flexibility index (Phi) is 8.74. The molecule has 35 heavy (non-hydrogen) atoms. The second-order valence-electron chi connectivity index (χ2n) is 8.51. The number of phenolic OH excluding ortho intramolecular Hbond substituents is 1. The molecule has 3 aromatic carbocycles. The van der Waals surface area contributed by atoms with E-state index in [1.165, 1.54) is 18.2 Å². The topological polar surface area (TPSA) is 128 Å². The molecule has 0 saturated heterocycles. The lowest BCUT2D eigenvalue weighted by Crippen LogP contribution is -2.26. The van der Waals surface area contributed by atoms with Gasteiger partial charge in [-0.15, -0.1) is 0 Å². The zero-order valence-corrected chi connectivity index (χ0v) is 20.9. The van der Waals surface area contributed by atoms with E-state index in [-0.39, 0.29) is 24.6 Å². The van der Waals surface area contributed by atoms with Crippen LogP contribution in [0.3, 0.4) is 0 Å². The van der Waals surface area contributed by atoms with E-state index in [0.717, 1.165) is 39.8 Å². The zero-order valence-electron chi connectivity index (χ0n) is 20.1. The fourth-order valence-corrected chi connectivity index (χ4v) is 4.44. The molecule has 188 valence electrons. The fraction of sp³-hybridized carbons (Fsp3) is 0.308. The maximum atomic E-state index is 11.4. The number of aliphatic hydroxyl groups excluding tert-OH is 2. The van der Waals surface area contributed by atoms with Gasteiger partial charge in [0.1, 0.15) is 18.1 Å². The number of hydrogen-bond acceptors (Lipinski definition) is 7. The molecule has 0 saturated carbocycles. The normalized spacial score (nSPS) is 12.4. The first-order valence-electron chi connectivity index (χ1n) is 11.2. The number of anilines is 1. The highest BCUT2D eigenvalue weighted by molar-refractivity contribution is 7.92. The first kappa shape index (κ1) is 26.5. The van der Waals surface area contributed by atoms with Crippen LogP contribution < -0.4 is 14.8 Å². The molecule has 0 aliphatic carbocycles. The van der Waals surface area contributed by atoms with E-state index in [2.05, 4.69) is 10.0 Å². The lowest BCUT2D eigenvalue weighted by atomic mass is 9.95. The Morgan fingerprint density at radius 2 is 1.66 bits per heavy atom. The number of aromatic hydroxyl groups is 1. The first-order chi connectivity index (χ1) is 16.6. The fourth-order valence-electron chi connectivity index (χ4n) is 3.88. The van der Waals surface area contributed by atoms with E-state index in [9.17, 15) is 23.7 Å². The van der Waals surface area contributed by atoms with Crippen LogP contribution in [0.1, 0.15) is 28.4 Å². The number of aliphatic hydroxyl groups is 2. The summed E-state index contributed by atoms with van der Waals surface area (Å²) in [5.74, 6) is 0.541. The quantitative estimate of drug-likeness (QED) is 0.202. The van der Waals surface area contributed by atoms with Crippen molar-refractivity contribution in [3.8, 4) is 22.6 Å². The van der Waals surface area contributed by atoms with Crippen molar-refractivity contribution < 1.29 is 28.5 Å². The molecule has 0 spiro atoms. The molecule has 0 heterocycles. The summed E-state index contributed by atoms with van der Waals surface area (Å²) in [6.45, 7) is 5.21. The van der Waals surface area contributed by atoms with Crippen molar-refractivity contribution in [2.45, 2.75) is 26.6 Å². The third kappa shape index (κ3) is 7.43. The van der Waals surface area contributed by atoms with Crippen LogP contribution in [0.15, 0.2) is 54.6 Å². The monoisotopic (exact) mass is 500 g/mol. The Morgan fingerprint density at radius 1 is 1.00 bits per heavy atom. The van der Waals surface area contributed by atoms with Gasteiger partial charge in [-0.25, -0.2) is 8.42 Å². The van der Waals surface area contributed by atoms with Crippen molar-refractivity contribution in [3.05, 3.63) is 76.9 Å². The van der Waals surface area contributed by atoms with Gasteiger partial charge < -0.3 is 25.4 Å². The average molecular weight is 501 g/mol. The lowest BCUT2D eigenvalue weighted by molar-refractivity contribution is 0.172. The van der Waals surface area contributed by atoms with E-state index < -0.39 is 16.1 Å². The predicted molar refractivity (Wildman–Crippen MR) is 137 cm³/mol. The molecular formula is C26H32N2O6S. The molecule has 0 aliphatic rings. The molecule has 0 bridgehead atoms. The van der Waals surface area contributed by atoms with E-state index >= 15 is 0 Å². The molecule has 9 heteroatoms. The van der Waals surface area contributed by atoms with Crippen molar-refractivity contribution in [2.24, 2.45) is 0 Å². The number of rotatable bonds is 11. The SMILES string of the molecule is Cc1cc(OCCNCC(O)c2ccc(O)c(NS(C)(=O)=O)c2)cc(C)c1-c1ccc(CO)cc1. The van der Waals surface area contributed by atoms with E-state index in [4.69, 9.17) is 4.74 Å². The van der Waals surface area contributed by atoms with Crippen LogP contribution in [0.5, 0.6) is 11.5 Å². The number of ether oxygens (including phenoxy) is 1. The molecule has 0 fully saturated rings. The summed E-state index contributed by atoms with van der Waals surface area (Å²) in [4.78, 5) is 0. The standard InChI is InChI=1S/C26H32N2O6S/c1-17-12-22(13-18(2)26(17)20-6-4-19(16-29)5-7-20)34-11-10-27-15-25(31)21-8-9-24(30)23(14-21)28-35(3,32)33/h4-9,12-14,25,27-31H,10-11,15-16H2,1-3H3. The third-order valence-electron chi connectivity index (χ3n) is 5.52. The summed E-state index contributed by atoms with van der Waals surface area (Å²) in [7, 11) is -3.55. The summed E-state index contributed by atoms with van der Waals surface area (Å²) >= 11 is 0. The molecule has 0 aliphatic heterocycles. The number of benzene rings is 3. The van der Waals surface area contributed by atoms with Gasteiger partial charge in [-0.05, 0) is 71.5 Å². The summed E-state index contributed by atoms with van der Waals surface area (Å²) in [5, 5.41) is 32.6. The van der Waals surface area contributed by atoms with E-state index in [0.29, 0.717) is 18.7 Å². The predicted octanol–water partition coefficient (Wildman–Crippen LogP) is 3.24. The highest BCUT2D eigenvalue weighted by atomic mass is 32.2. The molecule has 5 N–H and O–H groups in total. The van der Waals surface area contributed by atoms with Crippen LogP contribution in [-0.2, 0) is 16.6 Å². The summed E-state index contributed by atoms with van der Waals surface area (Å²) in [5.41, 5.74) is 5.77. The molecule has 0 amide bonds. The van der Waals surface area contributed by atoms with Gasteiger partial charge in [-0.3, -0.25) is 4.72 Å². The highest BCUT2D eigenvalue weighted by Gasteiger charge is 2.13. The lowest BCUT2D eigenvalue weighted by Gasteiger charge is -2.16. The van der Waals surface area contributed by atoms with E-state index in [1.807, 2.05) is 50.2 Å².